The second-order valence-electron chi connectivity index (χ2n) is 9.77. The molecule has 1 aliphatic heterocycles. The lowest BCUT2D eigenvalue weighted by atomic mass is 9.77. The van der Waals surface area contributed by atoms with Gasteiger partial charge in [0.25, 0.3) is 0 Å². The third-order valence-corrected chi connectivity index (χ3v) is 7.06. The van der Waals surface area contributed by atoms with Gasteiger partial charge in [-0.25, -0.2) is 4.79 Å². The minimum atomic E-state index is -0.569. The van der Waals surface area contributed by atoms with Gasteiger partial charge < -0.3 is 19.3 Å². The van der Waals surface area contributed by atoms with Crippen molar-refractivity contribution in [1.82, 2.24) is 0 Å². The fourth-order valence-corrected chi connectivity index (χ4v) is 4.86. The Morgan fingerprint density at radius 2 is 1.69 bits per heavy atom. The first-order valence-electron chi connectivity index (χ1n) is 12.9. The Balaban J connectivity index is 1.45. The predicted octanol–water partition coefficient (Wildman–Crippen LogP) is 7.22. The highest BCUT2D eigenvalue weighted by molar-refractivity contribution is 5.91. The first-order valence-corrected chi connectivity index (χ1v) is 12.9. The summed E-state index contributed by atoms with van der Waals surface area (Å²) in [5.74, 6) is 1.59. The molecular weight excluding hydrogens is 452 g/mol. The molecule has 0 saturated heterocycles. The van der Waals surface area contributed by atoms with Crippen molar-refractivity contribution in [2.24, 2.45) is 0 Å². The smallest absolute Gasteiger partial charge is 0.343 e. The minimum Gasteiger partial charge on any atom is -0.508 e. The van der Waals surface area contributed by atoms with Gasteiger partial charge in [0.2, 0.25) is 0 Å². The summed E-state index contributed by atoms with van der Waals surface area (Å²) in [7, 11) is 1.61. The van der Waals surface area contributed by atoms with Gasteiger partial charge in [0.1, 0.15) is 29.6 Å². The SMILES string of the molecule is CCCCCCCCc1ccc(C(=O)Oc2ccc(OC)c(C3(C)COc4ccc(O)cc43)c2)cc1. The lowest BCUT2D eigenvalue weighted by Crippen LogP contribution is -2.26. The van der Waals surface area contributed by atoms with E-state index in [2.05, 4.69) is 6.92 Å². The van der Waals surface area contributed by atoms with Gasteiger partial charge in [-0.15, -0.1) is 0 Å². The predicted molar refractivity (Wildman–Crippen MR) is 142 cm³/mol. The maximum atomic E-state index is 12.9. The summed E-state index contributed by atoms with van der Waals surface area (Å²) in [5.41, 5.74) is 2.88. The van der Waals surface area contributed by atoms with Gasteiger partial charge in [-0.05, 0) is 73.9 Å². The largest absolute Gasteiger partial charge is 0.508 e. The van der Waals surface area contributed by atoms with Crippen molar-refractivity contribution in [3.8, 4) is 23.0 Å². The monoisotopic (exact) mass is 488 g/mol. The maximum absolute atomic E-state index is 12.9. The molecule has 0 saturated carbocycles. The van der Waals surface area contributed by atoms with Crippen LogP contribution in [-0.4, -0.2) is 24.8 Å². The molecule has 3 aromatic rings. The molecule has 1 N–H and O–H groups in total. The van der Waals surface area contributed by atoms with E-state index in [-0.39, 0.29) is 5.75 Å². The van der Waals surface area contributed by atoms with E-state index in [0.29, 0.717) is 23.7 Å². The Morgan fingerprint density at radius 3 is 2.44 bits per heavy atom. The Hall–Kier alpha value is -3.47. The van der Waals surface area contributed by atoms with Gasteiger partial charge in [0.15, 0.2) is 0 Å². The minimum absolute atomic E-state index is 0.173. The fraction of sp³-hybridized carbons (Fsp3) is 0.387. The Morgan fingerprint density at radius 1 is 0.944 bits per heavy atom. The number of methoxy groups -OCH3 is 1. The zero-order chi connectivity index (χ0) is 25.5. The van der Waals surface area contributed by atoms with Crippen LogP contribution in [0.1, 0.15) is 79.4 Å². The van der Waals surface area contributed by atoms with Crippen LogP contribution in [0.25, 0.3) is 0 Å². The van der Waals surface area contributed by atoms with Crippen LogP contribution in [0, 0.1) is 0 Å². The molecule has 1 heterocycles. The molecular formula is C31H36O5. The molecule has 0 bridgehead atoms. The van der Waals surface area contributed by atoms with E-state index in [1.807, 2.05) is 37.3 Å². The summed E-state index contributed by atoms with van der Waals surface area (Å²) in [4.78, 5) is 12.9. The standard InChI is InChI=1S/C31H36O5/c1-4-5-6-7-8-9-10-22-11-13-23(14-12-22)30(33)36-25-16-18-28(34-3)27(20-25)31(2)21-35-29-17-15-24(32)19-26(29)31/h11-20,32H,4-10,21H2,1-3H3. The fourth-order valence-electron chi connectivity index (χ4n) is 4.86. The van der Waals surface area contributed by atoms with E-state index in [1.165, 1.54) is 44.1 Å². The van der Waals surface area contributed by atoms with Crippen LogP contribution in [0.5, 0.6) is 23.0 Å². The van der Waals surface area contributed by atoms with Crippen LogP contribution in [0.4, 0.5) is 0 Å². The van der Waals surface area contributed by atoms with E-state index in [9.17, 15) is 9.90 Å². The summed E-state index contributed by atoms with van der Waals surface area (Å²) in [5, 5.41) is 10.1. The highest BCUT2D eigenvalue weighted by Gasteiger charge is 2.40. The molecule has 0 spiro atoms. The molecule has 4 rings (SSSR count). The van der Waals surface area contributed by atoms with Crippen LogP contribution in [0.3, 0.4) is 0 Å². The number of aryl methyl sites for hydroxylation is 1. The number of rotatable bonds is 11. The second-order valence-corrected chi connectivity index (χ2v) is 9.77. The topological polar surface area (TPSA) is 65.0 Å². The van der Waals surface area contributed by atoms with Gasteiger partial charge in [-0.1, -0.05) is 51.2 Å². The Labute approximate surface area is 214 Å². The summed E-state index contributed by atoms with van der Waals surface area (Å²) in [6.07, 6.45) is 8.64. The summed E-state index contributed by atoms with van der Waals surface area (Å²) in [6.45, 7) is 4.65. The van der Waals surface area contributed by atoms with E-state index >= 15 is 0 Å². The molecule has 0 amide bonds. The van der Waals surface area contributed by atoms with Crippen molar-refractivity contribution in [2.75, 3.05) is 13.7 Å². The number of phenols is 1. The van der Waals surface area contributed by atoms with Crippen LogP contribution in [0.2, 0.25) is 0 Å². The number of hydrogen-bond acceptors (Lipinski definition) is 5. The summed E-state index contributed by atoms with van der Waals surface area (Å²) in [6, 6.07) is 18.2. The highest BCUT2D eigenvalue weighted by atomic mass is 16.5. The first-order chi connectivity index (χ1) is 17.4. The molecule has 5 nitrogen and oxygen atoms in total. The van der Waals surface area contributed by atoms with E-state index in [1.54, 1.807) is 37.4 Å². The van der Waals surface area contributed by atoms with Crippen molar-refractivity contribution >= 4 is 5.97 Å². The highest BCUT2D eigenvalue weighted by Crippen LogP contribution is 2.48. The molecule has 0 aromatic heterocycles. The molecule has 1 atom stereocenters. The molecule has 1 unspecified atom stereocenters. The van der Waals surface area contributed by atoms with Crippen LogP contribution >= 0.6 is 0 Å². The third kappa shape index (κ3) is 5.67. The number of carbonyl (C=O) groups is 1. The number of benzene rings is 3. The first kappa shape index (κ1) is 25.6. The van der Waals surface area contributed by atoms with Crippen LogP contribution < -0.4 is 14.2 Å². The van der Waals surface area contributed by atoms with Crippen molar-refractivity contribution in [2.45, 2.75) is 64.2 Å². The van der Waals surface area contributed by atoms with Gasteiger partial charge in [0.05, 0.1) is 18.1 Å². The zero-order valence-corrected chi connectivity index (χ0v) is 21.5. The van der Waals surface area contributed by atoms with E-state index in [0.717, 1.165) is 23.3 Å². The van der Waals surface area contributed by atoms with Gasteiger partial charge in [0, 0.05) is 11.1 Å². The van der Waals surface area contributed by atoms with Gasteiger partial charge in [-0.2, -0.15) is 0 Å². The van der Waals surface area contributed by atoms with Crippen molar-refractivity contribution in [1.29, 1.82) is 0 Å². The molecule has 0 fully saturated rings. The number of unbranched alkanes of at least 4 members (excludes halogenated alkanes) is 5. The third-order valence-electron chi connectivity index (χ3n) is 7.06. The summed E-state index contributed by atoms with van der Waals surface area (Å²) < 4.78 is 17.3. The van der Waals surface area contributed by atoms with Gasteiger partial charge >= 0.3 is 5.97 Å². The average molecular weight is 489 g/mol. The molecule has 3 aromatic carbocycles. The lowest BCUT2D eigenvalue weighted by molar-refractivity contribution is 0.0734. The average Bonchev–Trinajstić information content (AvgIpc) is 3.23. The number of phenolic OH excluding ortho intramolecular Hbond substituents is 1. The Kier molecular flexibility index (Phi) is 8.19. The van der Waals surface area contributed by atoms with E-state index < -0.39 is 11.4 Å². The van der Waals surface area contributed by atoms with Crippen LogP contribution in [0.15, 0.2) is 60.7 Å². The molecule has 190 valence electrons. The molecule has 0 aliphatic carbocycles. The van der Waals surface area contributed by atoms with Crippen molar-refractivity contribution in [3.05, 3.63) is 82.9 Å². The van der Waals surface area contributed by atoms with Crippen LogP contribution in [-0.2, 0) is 11.8 Å². The summed E-state index contributed by atoms with van der Waals surface area (Å²) >= 11 is 0. The molecule has 1 aliphatic rings. The molecule has 36 heavy (non-hydrogen) atoms. The van der Waals surface area contributed by atoms with E-state index in [4.69, 9.17) is 14.2 Å². The number of esters is 1. The number of carbonyl (C=O) groups excluding carboxylic acids is 1. The van der Waals surface area contributed by atoms with Crippen molar-refractivity contribution in [3.63, 3.8) is 0 Å². The maximum Gasteiger partial charge on any atom is 0.343 e. The second kappa shape index (κ2) is 11.5. The van der Waals surface area contributed by atoms with Crippen molar-refractivity contribution < 1.29 is 24.1 Å². The number of aromatic hydroxyl groups is 1. The number of hydrogen-bond donors (Lipinski definition) is 1. The molecule has 5 heteroatoms. The molecule has 0 radical (unpaired) electrons. The number of ether oxygens (including phenoxy) is 3. The zero-order valence-electron chi connectivity index (χ0n) is 21.5. The normalized spacial score (nSPS) is 16.3. The number of fused-ring (bicyclic) bond motifs is 1. The quantitative estimate of drug-likeness (QED) is 0.175. The van der Waals surface area contributed by atoms with Gasteiger partial charge in [-0.3, -0.25) is 0 Å². The lowest BCUT2D eigenvalue weighted by Gasteiger charge is -2.26. The Bertz CT molecular complexity index is 1180.